The van der Waals surface area contributed by atoms with E-state index in [1.165, 1.54) is 6.07 Å². The molecule has 2 rings (SSSR count). The first-order valence-corrected chi connectivity index (χ1v) is 8.10. The molecule has 2 nitrogen and oxygen atoms in total. The Morgan fingerprint density at radius 2 is 1.68 bits per heavy atom. The average Bonchev–Trinajstić information content (AvgIpc) is 2.47. The Bertz CT molecular complexity index is 518. The second-order valence-electron chi connectivity index (χ2n) is 6.51. The van der Waals surface area contributed by atoms with Crippen LogP contribution >= 0.6 is 24.8 Å². The van der Waals surface area contributed by atoms with Gasteiger partial charge in [0.2, 0.25) is 0 Å². The summed E-state index contributed by atoms with van der Waals surface area (Å²) in [6.07, 6.45) is -2.87. The van der Waals surface area contributed by atoms with E-state index in [2.05, 4.69) is 24.1 Å². The van der Waals surface area contributed by atoms with Crippen LogP contribution < -0.4 is 5.32 Å². The fourth-order valence-corrected chi connectivity index (χ4v) is 3.01. The van der Waals surface area contributed by atoms with E-state index in [0.29, 0.717) is 11.5 Å². The van der Waals surface area contributed by atoms with Gasteiger partial charge in [-0.2, -0.15) is 13.2 Å². The van der Waals surface area contributed by atoms with Gasteiger partial charge in [-0.1, -0.05) is 19.9 Å². The molecule has 0 aliphatic carbocycles. The zero-order chi connectivity index (χ0) is 17.0. The highest BCUT2D eigenvalue weighted by molar-refractivity contribution is 5.85. The van der Waals surface area contributed by atoms with Gasteiger partial charge in [0.15, 0.2) is 0 Å². The molecule has 1 heterocycles. The van der Waals surface area contributed by atoms with E-state index in [4.69, 9.17) is 0 Å². The number of alkyl halides is 3. The van der Waals surface area contributed by atoms with Gasteiger partial charge in [-0.3, -0.25) is 4.90 Å². The number of hydrogen-bond acceptors (Lipinski definition) is 2. The van der Waals surface area contributed by atoms with Crippen LogP contribution in [-0.2, 0) is 6.18 Å². The minimum absolute atomic E-state index is 0. The number of benzene rings is 1. The molecule has 1 aliphatic rings. The molecule has 1 fully saturated rings. The van der Waals surface area contributed by atoms with Crippen molar-refractivity contribution in [3.05, 3.63) is 35.1 Å². The first-order valence-electron chi connectivity index (χ1n) is 8.10. The minimum Gasteiger partial charge on any atom is -0.314 e. The number of hydrogen-bond donors (Lipinski definition) is 1. The molecular formula is C17H26Cl2F4N2. The highest BCUT2D eigenvalue weighted by Gasteiger charge is 2.34. The lowest BCUT2D eigenvalue weighted by Gasteiger charge is -2.36. The zero-order valence-electron chi connectivity index (χ0n) is 14.4. The third-order valence-corrected chi connectivity index (χ3v) is 4.29. The highest BCUT2D eigenvalue weighted by Crippen LogP contribution is 2.34. The zero-order valence-corrected chi connectivity index (χ0v) is 16.0. The quantitative estimate of drug-likeness (QED) is 0.689. The Hall–Kier alpha value is -0.560. The fraction of sp³-hybridized carbons (Fsp3) is 0.647. The second-order valence-corrected chi connectivity index (χ2v) is 6.51. The number of nitrogens with one attached hydrogen (secondary N) is 1. The topological polar surface area (TPSA) is 15.3 Å². The van der Waals surface area contributed by atoms with Crippen molar-refractivity contribution >= 4 is 24.8 Å². The maximum Gasteiger partial charge on any atom is 0.419 e. The lowest BCUT2D eigenvalue weighted by molar-refractivity contribution is -0.140. The summed E-state index contributed by atoms with van der Waals surface area (Å²) in [4.78, 5) is 2.24. The molecule has 146 valence electrons. The van der Waals surface area contributed by atoms with Crippen molar-refractivity contribution in [1.29, 1.82) is 0 Å². The van der Waals surface area contributed by atoms with Gasteiger partial charge in [0.05, 0.1) is 5.56 Å². The Morgan fingerprint density at radius 3 is 2.16 bits per heavy atom. The molecule has 0 saturated carbocycles. The molecule has 8 heteroatoms. The van der Waals surface area contributed by atoms with Gasteiger partial charge in [-0.15, -0.1) is 24.8 Å². The predicted molar refractivity (Wildman–Crippen MR) is 97.2 cm³/mol. The lowest BCUT2D eigenvalue weighted by atomic mass is 9.94. The van der Waals surface area contributed by atoms with Crippen molar-refractivity contribution in [3.8, 4) is 0 Å². The van der Waals surface area contributed by atoms with E-state index >= 15 is 0 Å². The van der Waals surface area contributed by atoms with E-state index in [-0.39, 0.29) is 30.9 Å². The molecule has 1 aromatic rings. The van der Waals surface area contributed by atoms with Crippen LogP contribution in [0.3, 0.4) is 0 Å². The number of halogens is 6. The van der Waals surface area contributed by atoms with Crippen LogP contribution in [0, 0.1) is 11.7 Å². The summed E-state index contributed by atoms with van der Waals surface area (Å²) in [6, 6.07) is 3.33. The Kier molecular flexibility index (Phi) is 10.3. The summed E-state index contributed by atoms with van der Waals surface area (Å²) in [5.74, 6) is -0.681. The summed E-state index contributed by atoms with van der Waals surface area (Å²) >= 11 is 0. The van der Waals surface area contributed by atoms with Crippen LogP contribution in [0.2, 0.25) is 0 Å². The van der Waals surface area contributed by atoms with Crippen LogP contribution in [0.25, 0.3) is 0 Å². The average molecular weight is 405 g/mol. The third kappa shape index (κ3) is 6.93. The molecule has 25 heavy (non-hydrogen) atoms. The Balaban J connectivity index is 0.00000288. The van der Waals surface area contributed by atoms with Gasteiger partial charge in [0.1, 0.15) is 5.82 Å². The van der Waals surface area contributed by atoms with Crippen LogP contribution in [0.5, 0.6) is 0 Å². The number of rotatable bonds is 5. The third-order valence-electron chi connectivity index (χ3n) is 4.29. The molecule has 0 spiro atoms. The minimum atomic E-state index is -4.65. The van der Waals surface area contributed by atoms with Crippen LogP contribution in [-0.4, -0.2) is 31.1 Å². The van der Waals surface area contributed by atoms with Crippen molar-refractivity contribution in [3.63, 3.8) is 0 Å². The molecule has 0 aromatic heterocycles. The molecule has 1 aliphatic heterocycles. The largest absolute Gasteiger partial charge is 0.419 e. The van der Waals surface area contributed by atoms with Crippen molar-refractivity contribution in [2.75, 3.05) is 26.2 Å². The van der Waals surface area contributed by atoms with Crippen molar-refractivity contribution in [2.45, 2.75) is 38.9 Å². The molecule has 1 atom stereocenters. The summed E-state index contributed by atoms with van der Waals surface area (Å²) in [7, 11) is 0. The van der Waals surface area contributed by atoms with E-state index in [1.807, 2.05) is 0 Å². The Morgan fingerprint density at radius 1 is 1.08 bits per heavy atom. The van der Waals surface area contributed by atoms with E-state index in [0.717, 1.165) is 51.2 Å². The van der Waals surface area contributed by atoms with Crippen LogP contribution in [0.4, 0.5) is 17.6 Å². The maximum absolute atomic E-state index is 13.9. The van der Waals surface area contributed by atoms with E-state index < -0.39 is 17.6 Å². The standard InChI is InChI=1S/C17H24F4N2.2ClH/c1-12(2)3-6-16(23-9-7-22-8-10-23)13-4-5-14(15(18)11-13)17(19,20)21;;/h4-5,11-12,16,22H,3,6-10H2,1-2H3;2*1H/t16-;;/m0../s1. The van der Waals surface area contributed by atoms with E-state index in [1.54, 1.807) is 0 Å². The number of nitrogens with zero attached hydrogens (tertiary/aromatic N) is 1. The van der Waals surface area contributed by atoms with Gasteiger partial charge in [-0.25, -0.2) is 4.39 Å². The highest BCUT2D eigenvalue weighted by atomic mass is 35.5. The first-order chi connectivity index (χ1) is 10.8. The first kappa shape index (κ1) is 24.4. The molecule has 0 unspecified atom stereocenters. The molecule has 0 radical (unpaired) electrons. The summed E-state index contributed by atoms with van der Waals surface area (Å²) in [5, 5.41) is 3.26. The lowest BCUT2D eigenvalue weighted by Crippen LogP contribution is -2.45. The predicted octanol–water partition coefficient (Wildman–Crippen LogP) is 5.07. The molecule has 1 N–H and O–H groups in total. The normalized spacial score (nSPS) is 16.9. The van der Waals surface area contributed by atoms with Crippen LogP contribution in [0.1, 0.15) is 43.9 Å². The monoisotopic (exact) mass is 404 g/mol. The SMILES string of the molecule is CC(C)CC[C@@H](c1ccc(C(F)(F)F)c(F)c1)N1CCNCC1.Cl.Cl. The summed E-state index contributed by atoms with van der Waals surface area (Å²) < 4.78 is 52.1. The summed E-state index contributed by atoms with van der Waals surface area (Å²) in [6.45, 7) is 7.57. The van der Waals surface area contributed by atoms with Gasteiger partial charge < -0.3 is 5.32 Å². The van der Waals surface area contributed by atoms with Crippen molar-refractivity contribution in [2.24, 2.45) is 5.92 Å². The molecular weight excluding hydrogens is 379 g/mol. The van der Waals surface area contributed by atoms with Gasteiger partial charge in [-0.05, 0) is 36.5 Å². The van der Waals surface area contributed by atoms with Gasteiger partial charge in [0, 0.05) is 32.2 Å². The van der Waals surface area contributed by atoms with Crippen LogP contribution in [0.15, 0.2) is 18.2 Å². The molecule has 0 amide bonds. The smallest absolute Gasteiger partial charge is 0.314 e. The second kappa shape index (κ2) is 10.6. The van der Waals surface area contributed by atoms with Crippen molar-refractivity contribution in [1.82, 2.24) is 10.2 Å². The van der Waals surface area contributed by atoms with Crippen molar-refractivity contribution < 1.29 is 17.6 Å². The fourth-order valence-electron chi connectivity index (χ4n) is 3.01. The molecule has 1 saturated heterocycles. The Labute approximate surface area is 159 Å². The van der Waals surface area contributed by atoms with Gasteiger partial charge >= 0.3 is 6.18 Å². The van der Waals surface area contributed by atoms with Gasteiger partial charge in [0.25, 0.3) is 0 Å². The summed E-state index contributed by atoms with van der Waals surface area (Å²) in [5.41, 5.74) is -0.553. The molecule has 1 aromatic carbocycles. The van der Waals surface area contributed by atoms with E-state index in [9.17, 15) is 17.6 Å². The molecule has 0 bridgehead atoms. The maximum atomic E-state index is 13.9. The number of piperazine rings is 1.